The average molecular weight is 1120 g/mol. The number of ether oxygens (including phenoxy) is 1. The van der Waals surface area contributed by atoms with Gasteiger partial charge in [-0.1, -0.05) is 220 Å². The van der Waals surface area contributed by atoms with Crippen LogP contribution in [0.1, 0.15) is 79.0 Å². The molecule has 14 rings (SSSR count). The van der Waals surface area contributed by atoms with Gasteiger partial charge in [-0.25, -0.2) is 4.98 Å². The lowest BCUT2D eigenvalue weighted by Crippen LogP contribution is -2.74. The van der Waals surface area contributed by atoms with Crippen LogP contribution in [0.4, 0.5) is 22.7 Å². The van der Waals surface area contributed by atoms with E-state index in [1.165, 1.54) is 70.3 Å². The van der Waals surface area contributed by atoms with E-state index in [1.807, 2.05) is 6.20 Å². The Bertz CT molecular complexity index is 4490. The van der Waals surface area contributed by atoms with Crippen molar-refractivity contribution in [3.63, 3.8) is 0 Å². The molecule has 0 unspecified atom stereocenters. The molecule has 0 saturated heterocycles. The van der Waals surface area contributed by atoms with Gasteiger partial charge in [0.25, 0.3) is 0 Å². The fourth-order valence-corrected chi connectivity index (χ4v) is 18.0. The van der Waals surface area contributed by atoms with Gasteiger partial charge in [0.05, 0.1) is 39.1 Å². The number of anilines is 4. The van der Waals surface area contributed by atoms with Crippen LogP contribution in [0.5, 0.6) is 11.5 Å². The Hall–Kier alpha value is -9.43. The van der Waals surface area contributed by atoms with E-state index in [0.717, 1.165) is 56.5 Å². The minimum Gasteiger partial charge on any atom is -0.457 e. The van der Waals surface area contributed by atoms with Crippen molar-refractivity contribution in [1.82, 2.24) is 14.1 Å². The van der Waals surface area contributed by atoms with E-state index in [0.29, 0.717) is 6.67 Å². The lowest BCUT2D eigenvalue weighted by Gasteiger charge is -2.34. The van der Waals surface area contributed by atoms with Crippen LogP contribution < -0.4 is 35.3 Å². The third-order valence-electron chi connectivity index (χ3n) is 17.6. The number of nitrogens with zero attached hydrogens (tertiary/aromatic N) is 5. The Morgan fingerprint density at radius 2 is 0.882 bits per heavy atom. The molecule has 13 aromatic rings. The maximum Gasteiger partial charge on any atom is 0.179 e. The Morgan fingerprint density at radius 1 is 0.353 bits per heavy atom. The molecule has 1 aliphatic heterocycles. The topological polar surface area (TPSA) is 38.5 Å². The highest BCUT2D eigenvalue weighted by Crippen LogP contribution is 2.51. The van der Waals surface area contributed by atoms with Crippen molar-refractivity contribution in [2.24, 2.45) is 0 Å². The van der Waals surface area contributed by atoms with E-state index in [4.69, 9.17) is 9.72 Å². The highest BCUT2D eigenvalue weighted by molar-refractivity contribution is 7.20. The van der Waals surface area contributed by atoms with Gasteiger partial charge in [-0.2, -0.15) is 0 Å². The third kappa shape index (κ3) is 9.20. The van der Waals surface area contributed by atoms with Gasteiger partial charge in [0.2, 0.25) is 0 Å². The number of para-hydroxylation sites is 3. The van der Waals surface area contributed by atoms with Gasteiger partial charge in [-0.15, -0.1) is 0 Å². The first-order valence-electron chi connectivity index (χ1n) is 29.9. The minimum absolute atomic E-state index is 0.0654. The summed E-state index contributed by atoms with van der Waals surface area (Å²) < 4.78 is 11.9. The van der Waals surface area contributed by atoms with Crippen molar-refractivity contribution in [2.75, 3.05) is 16.5 Å². The zero-order chi connectivity index (χ0) is 58.4. The molecule has 1 aliphatic rings. The van der Waals surface area contributed by atoms with E-state index in [-0.39, 0.29) is 16.2 Å². The molecule has 0 spiro atoms. The molecule has 4 heterocycles. The number of benzene rings is 10. The first-order chi connectivity index (χ1) is 41.0. The van der Waals surface area contributed by atoms with Crippen LogP contribution in [0, 0.1) is 0 Å². The molecule has 3 aromatic heterocycles. The van der Waals surface area contributed by atoms with Gasteiger partial charge in [0, 0.05) is 51.2 Å². The number of hydrogen-bond acceptors (Lipinski definition) is 4. The maximum absolute atomic E-state index is 7.12. The Balaban J connectivity index is 0.917. The van der Waals surface area contributed by atoms with Crippen LogP contribution >= 0.6 is 0 Å². The highest BCUT2D eigenvalue weighted by Gasteiger charge is 2.42. The van der Waals surface area contributed by atoms with Gasteiger partial charge >= 0.3 is 0 Å². The molecule has 85 heavy (non-hydrogen) atoms. The number of hydrogen-bond donors (Lipinski definition) is 0. The molecule has 0 amide bonds. The quantitative estimate of drug-likeness (QED) is 0.101. The monoisotopic (exact) mass is 1120 g/mol. The van der Waals surface area contributed by atoms with Crippen LogP contribution in [-0.4, -0.2) is 28.9 Å². The first-order valence-corrected chi connectivity index (χ1v) is 31.9. The van der Waals surface area contributed by atoms with E-state index >= 15 is 0 Å². The normalized spacial score (nSPS) is 13.1. The van der Waals surface area contributed by atoms with Gasteiger partial charge in [-0.05, 0) is 133 Å². The summed E-state index contributed by atoms with van der Waals surface area (Å²) in [5.41, 5.74) is 13.8. The summed E-state index contributed by atoms with van der Waals surface area (Å²) in [4.78, 5) is 10.1. The summed E-state index contributed by atoms with van der Waals surface area (Å²) in [6.45, 7) is 21.3. The largest absolute Gasteiger partial charge is 0.457 e. The predicted molar refractivity (Wildman–Crippen MR) is 361 cm³/mol. The molecule has 0 saturated carbocycles. The van der Waals surface area contributed by atoms with Crippen molar-refractivity contribution in [3.05, 3.63) is 272 Å². The summed E-state index contributed by atoms with van der Waals surface area (Å²) in [5.74, 6) is 2.37. The minimum atomic E-state index is -2.85. The maximum atomic E-state index is 7.12. The summed E-state index contributed by atoms with van der Waals surface area (Å²) in [7, 11) is -2.85. The Morgan fingerprint density at radius 3 is 1.48 bits per heavy atom. The lowest BCUT2D eigenvalue weighted by molar-refractivity contribution is 0.483. The van der Waals surface area contributed by atoms with E-state index in [2.05, 4.69) is 330 Å². The predicted octanol–water partition coefficient (Wildman–Crippen LogP) is 17.6. The molecule has 0 bridgehead atoms. The van der Waals surface area contributed by atoms with Crippen LogP contribution in [0.15, 0.2) is 255 Å². The van der Waals surface area contributed by atoms with Crippen molar-refractivity contribution in [3.8, 4) is 23.0 Å². The van der Waals surface area contributed by atoms with Crippen molar-refractivity contribution in [2.45, 2.75) is 78.6 Å². The van der Waals surface area contributed by atoms with Gasteiger partial charge in [0.1, 0.15) is 24.0 Å². The Kier molecular flexibility index (Phi) is 12.9. The number of fused-ring (bicyclic) bond motifs is 7. The fourth-order valence-electron chi connectivity index (χ4n) is 13.2. The Labute approximate surface area is 500 Å². The van der Waals surface area contributed by atoms with Crippen molar-refractivity contribution >= 4 is 95.2 Å². The molecular weight excluding hydrogens is 1050 g/mol. The van der Waals surface area contributed by atoms with E-state index < -0.39 is 8.07 Å². The second-order valence-electron chi connectivity index (χ2n) is 26.1. The summed E-state index contributed by atoms with van der Waals surface area (Å²) >= 11 is 0. The average Bonchev–Trinajstić information content (AvgIpc) is 1.88. The molecule has 7 heteroatoms. The highest BCUT2D eigenvalue weighted by atomic mass is 28.3. The van der Waals surface area contributed by atoms with E-state index in [1.54, 1.807) is 0 Å². The van der Waals surface area contributed by atoms with Gasteiger partial charge in [0.15, 0.2) is 8.07 Å². The lowest BCUT2D eigenvalue weighted by atomic mass is 9.80. The van der Waals surface area contributed by atoms with Crippen LogP contribution in [0.25, 0.3) is 55.1 Å². The smallest absolute Gasteiger partial charge is 0.179 e. The van der Waals surface area contributed by atoms with Gasteiger partial charge in [-0.3, -0.25) is 4.57 Å². The zero-order valence-electron chi connectivity index (χ0n) is 50.1. The summed E-state index contributed by atoms with van der Waals surface area (Å²) in [6, 6.07) is 92.0. The second kappa shape index (κ2) is 20.4. The standard InChI is InChI=1S/C78H71N5OSi/c1-76(2,3)53-43-44-79-74(48-53)83-70-42-40-63(85(60-27-13-10-14-28-60,61-29-15-11-16-30-61)62-31-17-12-18-32-62)51-67(70)66-41-39-59(50-73(66)83)84-58-26-23-25-56(49-58)80-52-81(57-46-54(77(4,5)6)45-55(47-57)78(7,8)9)75-71(80)37-24-38-72(75)82-68-35-21-19-33-64(68)65-34-20-22-36-69(65)82/h10-51H,52H2,1-9H3. The van der Waals surface area contributed by atoms with Crippen molar-refractivity contribution < 1.29 is 4.74 Å². The number of rotatable bonds is 10. The molecule has 0 aliphatic carbocycles. The molecule has 10 aromatic carbocycles. The zero-order valence-corrected chi connectivity index (χ0v) is 51.1. The molecule has 0 N–H and O–H groups in total. The molecule has 418 valence electrons. The SMILES string of the molecule is CC(C)(C)c1cc(N2CN(c3cccc(Oc4ccc5c6cc([Si](c7ccccc7)(c7ccccc7)c7ccccc7)ccc6n(-c6cc(C(C)(C)C)ccn6)c5c4)c3)c3cccc(-n4c5ccccc5c5ccccc54)c32)cc(C(C)(C)C)c1. The summed E-state index contributed by atoms with van der Waals surface area (Å²) in [5, 5.41) is 10.1. The summed E-state index contributed by atoms with van der Waals surface area (Å²) in [6.07, 6.45) is 1.96. The molecule has 0 fully saturated rings. The number of aromatic nitrogens is 3. The van der Waals surface area contributed by atoms with Crippen LogP contribution in [0.3, 0.4) is 0 Å². The molecule has 0 atom stereocenters. The fraction of sp³-hybridized carbons (Fsp3) is 0.167. The van der Waals surface area contributed by atoms with Crippen LogP contribution in [-0.2, 0) is 16.2 Å². The van der Waals surface area contributed by atoms with Crippen LogP contribution in [0.2, 0.25) is 0 Å². The molecular formula is C78H71N5OSi. The van der Waals surface area contributed by atoms with Gasteiger partial charge < -0.3 is 19.1 Å². The molecule has 0 radical (unpaired) electrons. The third-order valence-corrected chi connectivity index (χ3v) is 22.4. The second-order valence-corrected chi connectivity index (χ2v) is 29.9. The first kappa shape index (κ1) is 53.6. The number of pyridine rings is 1. The molecule has 6 nitrogen and oxygen atoms in total. The van der Waals surface area contributed by atoms with E-state index in [9.17, 15) is 0 Å². The van der Waals surface area contributed by atoms with Crippen molar-refractivity contribution in [1.29, 1.82) is 0 Å².